The Morgan fingerprint density at radius 1 is 1.24 bits per heavy atom. The van der Waals surface area contributed by atoms with E-state index in [1.165, 1.54) is 16.4 Å². The number of hydrogen-bond acceptors (Lipinski definition) is 5. The summed E-state index contributed by atoms with van der Waals surface area (Å²) in [6.45, 7) is 0.519. The van der Waals surface area contributed by atoms with Gasteiger partial charge in [0.25, 0.3) is 0 Å². The number of carbonyl (C=O) groups excluding carboxylic acids is 1. The van der Waals surface area contributed by atoms with Gasteiger partial charge in [-0.15, -0.1) is 0 Å². The van der Waals surface area contributed by atoms with E-state index >= 15 is 0 Å². The van der Waals surface area contributed by atoms with Crippen molar-refractivity contribution in [3.63, 3.8) is 0 Å². The number of nitrogens with zero attached hydrogens (tertiary/aromatic N) is 2. The van der Waals surface area contributed by atoms with Crippen molar-refractivity contribution in [3.05, 3.63) is 29.8 Å². The molecular formula is C14H16N2O4S. The molecule has 1 aliphatic heterocycles. The Morgan fingerprint density at radius 3 is 2.57 bits per heavy atom. The highest BCUT2D eigenvalue weighted by atomic mass is 32.2. The summed E-state index contributed by atoms with van der Waals surface area (Å²) in [5.74, 6) is -0.798. The molecule has 0 N–H and O–H groups in total. The number of ether oxygens (including phenoxy) is 1. The number of piperidine rings is 1. The average Bonchev–Trinajstić information content (AvgIpc) is 2.53. The molecule has 0 aromatic heterocycles. The van der Waals surface area contributed by atoms with Crippen LogP contribution in [0.25, 0.3) is 0 Å². The van der Waals surface area contributed by atoms with Gasteiger partial charge in [0.05, 0.1) is 10.5 Å². The fraction of sp³-hybridized carbons (Fsp3) is 0.429. The predicted octanol–water partition coefficient (Wildman–Crippen LogP) is 1.54. The first kappa shape index (κ1) is 15.5. The zero-order chi connectivity index (χ0) is 15.3. The van der Waals surface area contributed by atoms with Crippen LogP contribution in [0.5, 0.6) is 0 Å². The largest absolute Gasteiger partial charge is 0.447 e. The summed E-state index contributed by atoms with van der Waals surface area (Å²) in [5.41, 5.74) is -0.0293. The van der Waals surface area contributed by atoms with Gasteiger partial charge in [0, 0.05) is 13.1 Å². The minimum Gasteiger partial charge on any atom is -0.447 e. The van der Waals surface area contributed by atoms with Crippen molar-refractivity contribution in [1.82, 2.24) is 4.31 Å². The summed E-state index contributed by atoms with van der Waals surface area (Å²) in [4.78, 5) is 11.8. The second-order valence-corrected chi connectivity index (χ2v) is 6.60. The van der Waals surface area contributed by atoms with Gasteiger partial charge in [-0.05, 0) is 25.0 Å². The summed E-state index contributed by atoms with van der Waals surface area (Å²) in [6, 6.07) is 7.62. The van der Waals surface area contributed by atoms with E-state index in [9.17, 15) is 13.2 Å². The molecule has 1 heterocycles. The molecule has 1 aromatic carbocycles. The first-order chi connectivity index (χ1) is 10.1. The van der Waals surface area contributed by atoms with Crippen molar-refractivity contribution in [3.8, 4) is 6.07 Å². The maximum absolute atomic E-state index is 12.6. The molecule has 0 atom stereocenters. The number of benzene rings is 1. The third kappa shape index (κ3) is 3.40. The van der Waals surface area contributed by atoms with Crippen LogP contribution in [0.3, 0.4) is 0 Å². The van der Waals surface area contributed by atoms with Gasteiger partial charge in [-0.25, -0.2) is 13.2 Å². The molecular weight excluding hydrogens is 292 g/mol. The van der Waals surface area contributed by atoms with Gasteiger partial charge in [-0.3, -0.25) is 0 Å². The van der Waals surface area contributed by atoms with Crippen molar-refractivity contribution in [2.45, 2.75) is 24.2 Å². The van der Waals surface area contributed by atoms with Crippen LogP contribution >= 0.6 is 0 Å². The quantitative estimate of drug-likeness (QED) is 0.787. The second kappa shape index (κ2) is 6.70. The summed E-state index contributed by atoms with van der Waals surface area (Å²) in [6.07, 6.45) is 2.65. The van der Waals surface area contributed by atoms with Gasteiger partial charge < -0.3 is 4.74 Å². The molecule has 1 aliphatic rings. The summed E-state index contributed by atoms with van der Waals surface area (Å²) in [7, 11) is -3.71. The van der Waals surface area contributed by atoms with Gasteiger partial charge in [0.15, 0.2) is 6.61 Å². The Bertz CT molecular complexity index is 658. The van der Waals surface area contributed by atoms with Crippen LogP contribution in [0.15, 0.2) is 29.2 Å². The molecule has 2 rings (SSSR count). The Balaban J connectivity index is 2.35. The Kier molecular flexibility index (Phi) is 4.94. The van der Waals surface area contributed by atoms with Crippen LogP contribution in [0.4, 0.5) is 0 Å². The number of nitriles is 1. The van der Waals surface area contributed by atoms with Crippen molar-refractivity contribution >= 4 is 16.0 Å². The highest BCUT2D eigenvalue weighted by Gasteiger charge is 2.30. The minimum absolute atomic E-state index is 0.0293. The van der Waals surface area contributed by atoms with Gasteiger partial charge in [-0.1, -0.05) is 18.6 Å². The fourth-order valence-corrected chi connectivity index (χ4v) is 3.98. The predicted molar refractivity (Wildman–Crippen MR) is 74.9 cm³/mol. The van der Waals surface area contributed by atoms with E-state index in [1.807, 2.05) is 0 Å². The van der Waals surface area contributed by atoms with Crippen LogP contribution < -0.4 is 0 Å². The van der Waals surface area contributed by atoms with E-state index in [-0.39, 0.29) is 10.5 Å². The highest BCUT2D eigenvalue weighted by Crippen LogP contribution is 2.24. The molecule has 0 amide bonds. The third-order valence-corrected chi connectivity index (χ3v) is 5.26. The maximum atomic E-state index is 12.6. The van der Waals surface area contributed by atoms with Crippen molar-refractivity contribution in [2.24, 2.45) is 0 Å². The smallest absolute Gasteiger partial charge is 0.340 e. The average molecular weight is 308 g/mol. The monoisotopic (exact) mass is 308 g/mol. The number of sulfonamides is 1. The van der Waals surface area contributed by atoms with Crippen molar-refractivity contribution in [1.29, 1.82) is 5.26 Å². The molecule has 21 heavy (non-hydrogen) atoms. The van der Waals surface area contributed by atoms with Crippen LogP contribution in [0, 0.1) is 11.3 Å². The van der Waals surface area contributed by atoms with Crippen LogP contribution in [-0.2, 0) is 14.8 Å². The lowest BCUT2D eigenvalue weighted by molar-refractivity contribution is 0.0550. The third-order valence-electron chi connectivity index (χ3n) is 3.31. The zero-order valence-corrected chi connectivity index (χ0v) is 12.3. The molecule has 0 saturated carbocycles. The molecule has 0 unspecified atom stereocenters. The molecule has 1 aromatic rings. The molecule has 7 heteroatoms. The molecule has 0 radical (unpaired) electrons. The molecule has 6 nitrogen and oxygen atoms in total. The van der Waals surface area contributed by atoms with Crippen LogP contribution in [0.2, 0.25) is 0 Å². The Hall–Kier alpha value is -1.91. The second-order valence-electron chi connectivity index (χ2n) is 4.70. The number of hydrogen-bond donors (Lipinski definition) is 0. The van der Waals surface area contributed by atoms with Gasteiger partial charge >= 0.3 is 5.97 Å². The van der Waals surface area contributed by atoms with E-state index in [4.69, 9.17) is 10.00 Å². The molecule has 112 valence electrons. The summed E-state index contributed by atoms with van der Waals surface area (Å²) < 4.78 is 31.4. The van der Waals surface area contributed by atoms with Gasteiger partial charge in [0.1, 0.15) is 6.07 Å². The highest BCUT2D eigenvalue weighted by molar-refractivity contribution is 7.89. The molecule has 0 bridgehead atoms. The lowest BCUT2D eigenvalue weighted by atomic mass is 10.2. The minimum atomic E-state index is -3.71. The molecule has 0 spiro atoms. The van der Waals surface area contributed by atoms with Crippen LogP contribution in [-0.4, -0.2) is 38.4 Å². The molecule has 1 saturated heterocycles. The van der Waals surface area contributed by atoms with Gasteiger partial charge in [-0.2, -0.15) is 9.57 Å². The lowest BCUT2D eigenvalue weighted by Crippen LogP contribution is -2.36. The van der Waals surface area contributed by atoms with E-state index in [0.29, 0.717) is 13.1 Å². The molecule has 1 fully saturated rings. The van der Waals surface area contributed by atoms with Crippen molar-refractivity contribution < 1.29 is 17.9 Å². The topological polar surface area (TPSA) is 87.5 Å². The van der Waals surface area contributed by atoms with E-state index < -0.39 is 22.6 Å². The number of rotatable bonds is 4. The van der Waals surface area contributed by atoms with E-state index in [1.54, 1.807) is 18.2 Å². The summed E-state index contributed by atoms with van der Waals surface area (Å²) >= 11 is 0. The fourth-order valence-electron chi connectivity index (χ4n) is 2.28. The van der Waals surface area contributed by atoms with Gasteiger partial charge in [0.2, 0.25) is 10.0 Å². The molecule has 0 aliphatic carbocycles. The van der Waals surface area contributed by atoms with E-state index in [2.05, 4.69) is 0 Å². The normalized spacial score (nSPS) is 16.1. The standard InChI is InChI=1S/C14H16N2O4S/c15-8-11-20-14(17)12-6-2-3-7-13(12)21(18,19)16-9-4-1-5-10-16/h2-3,6-7H,1,4-5,9-11H2. The first-order valence-corrected chi connectivity index (χ1v) is 8.14. The van der Waals surface area contributed by atoms with E-state index in [0.717, 1.165) is 19.3 Å². The number of carbonyl (C=O) groups is 1. The van der Waals surface area contributed by atoms with Crippen molar-refractivity contribution in [2.75, 3.05) is 19.7 Å². The first-order valence-electron chi connectivity index (χ1n) is 6.70. The zero-order valence-electron chi connectivity index (χ0n) is 11.5. The number of esters is 1. The SMILES string of the molecule is N#CCOC(=O)c1ccccc1S(=O)(=O)N1CCCCC1. The maximum Gasteiger partial charge on any atom is 0.340 e. The van der Waals surface area contributed by atoms with Crippen LogP contribution in [0.1, 0.15) is 29.6 Å². The lowest BCUT2D eigenvalue weighted by Gasteiger charge is -2.26. The Labute approximate surface area is 124 Å². The summed E-state index contributed by atoms with van der Waals surface area (Å²) in [5, 5.41) is 8.44. The Morgan fingerprint density at radius 2 is 1.90 bits per heavy atom.